The Bertz CT molecular complexity index is 280. The number of hydrogen-bond donors (Lipinski definition) is 3. The third-order valence-electron chi connectivity index (χ3n) is 2.61. The molecule has 3 N–H and O–H groups in total. The molecule has 6 heteroatoms. The molecular weight excluding hydrogens is 234 g/mol. The molecule has 2 atom stereocenters. The quantitative estimate of drug-likeness (QED) is 0.629. The van der Waals surface area contributed by atoms with E-state index in [4.69, 9.17) is 5.11 Å². The number of aliphatic carboxylic acids is 1. The van der Waals surface area contributed by atoms with Crippen molar-refractivity contribution in [2.45, 2.75) is 39.3 Å². The summed E-state index contributed by atoms with van der Waals surface area (Å²) < 4.78 is 0. The summed E-state index contributed by atoms with van der Waals surface area (Å²) >= 11 is 0. The zero-order valence-electron chi connectivity index (χ0n) is 11.9. The Hall–Kier alpha value is -1.30. The van der Waals surface area contributed by atoms with Crippen LogP contribution in [0.1, 0.15) is 27.2 Å². The molecule has 0 aromatic carbocycles. The van der Waals surface area contributed by atoms with Crippen molar-refractivity contribution in [3.05, 3.63) is 0 Å². The van der Waals surface area contributed by atoms with E-state index in [1.54, 1.807) is 13.8 Å². The smallest absolute Gasteiger partial charge is 0.326 e. The van der Waals surface area contributed by atoms with Gasteiger partial charge in [0.2, 0.25) is 0 Å². The van der Waals surface area contributed by atoms with Gasteiger partial charge in [-0.2, -0.15) is 0 Å². The van der Waals surface area contributed by atoms with Crippen molar-refractivity contribution in [1.29, 1.82) is 0 Å². The molecule has 0 aromatic rings. The van der Waals surface area contributed by atoms with Crippen LogP contribution in [0.2, 0.25) is 0 Å². The van der Waals surface area contributed by atoms with E-state index in [2.05, 4.69) is 10.6 Å². The first kappa shape index (κ1) is 16.7. The summed E-state index contributed by atoms with van der Waals surface area (Å²) in [6.45, 7) is 6.28. The summed E-state index contributed by atoms with van der Waals surface area (Å²) in [5.41, 5.74) is 0. The van der Waals surface area contributed by atoms with E-state index < -0.39 is 18.0 Å². The van der Waals surface area contributed by atoms with Crippen LogP contribution in [0.15, 0.2) is 0 Å². The standard InChI is InChI=1S/C12H25N3O3/c1-8(2)10(11(16)17)14-12(18)13-9(3)6-7-15(4)5/h8-10H,6-7H2,1-5H3,(H,16,17)(H2,13,14,18)/t9?,10-/m1/s1. The molecular formula is C12H25N3O3. The maximum absolute atomic E-state index is 11.6. The van der Waals surface area contributed by atoms with E-state index in [9.17, 15) is 9.59 Å². The van der Waals surface area contributed by atoms with Gasteiger partial charge in [0.1, 0.15) is 6.04 Å². The number of urea groups is 1. The first-order valence-electron chi connectivity index (χ1n) is 6.18. The second-order valence-electron chi connectivity index (χ2n) is 5.17. The molecule has 1 unspecified atom stereocenters. The van der Waals surface area contributed by atoms with E-state index in [1.165, 1.54) is 0 Å². The lowest BCUT2D eigenvalue weighted by molar-refractivity contribution is -0.140. The number of rotatable bonds is 7. The van der Waals surface area contributed by atoms with E-state index in [1.807, 2.05) is 25.9 Å². The summed E-state index contributed by atoms with van der Waals surface area (Å²) in [5, 5.41) is 14.2. The molecule has 18 heavy (non-hydrogen) atoms. The number of carboxylic acid groups (broad SMARTS) is 1. The normalized spacial score (nSPS) is 14.4. The highest BCUT2D eigenvalue weighted by Crippen LogP contribution is 2.01. The lowest BCUT2D eigenvalue weighted by Crippen LogP contribution is -2.50. The van der Waals surface area contributed by atoms with Crippen LogP contribution in [0.5, 0.6) is 0 Å². The predicted octanol–water partition coefficient (Wildman–Crippen LogP) is 0.735. The Morgan fingerprint density at radius 3 is 2.11 bits per heavy atom. The highest BCUT2D eigenvalue weighted by molar-refractivity contribution is 5.82. The van der Waals surface area contributed by atoms with Crippen LogP contribution in [-0.4, -0.2) is 54.7 Å². The van der Waals surface area contributed by atoms with Gasteiger partial charge in [-0.05, 0) is 39.9 Å². The van der Waals surface area contributed by atoms with Crippen LogP contribution in [-0.2, 0) is 4.79 Å². The summed E-state index contributed by atoms with van der Waals surface area (Å²) in [7, 11) is 3.93. The summed E-state index contributed by atoms with van der Waals surface area (Å²) in [5.74, 6) is -1.16. The third kappa shape index (κ3) is 7.11. The van der Waals surface area contributed by atoms with Crippen LogP contribution in [0, 0.1) is 5.92 Å². The molecule has 0 aliphatic heterocycles. The number of nitrogens with zero attached hydrogens (tertiary/aromatic N) is 1. The van der Waals surface area contributed by atoms with Crippen molar-refractivity contribution in [3.8, 4) is 0 Å². The van der Waals surface area contributed by atoms with Crippen LogP contribution in [0.4, 0.5) is 4.79 Å². The van der Waals surface area contributed by atoms with Gasteiger partial charge < -0.3 is 20.6 Å². The molecule has 6 nitrogen and oxygen atoms in total. The van der Waals surface area contributed by atoms with E-state index in [-0.39, 0.29) is 12.0 Å². The molecule has 0 spiro atoms. The first-order valence-corrected chi connectivity index (χ1v) is 6.18. The average Bonchev–Trinajstić information content (AvgIpc) is 2.22. The second kappa shape index (κ2) is 7.92. The van der Waals surface area contributed by atoms with Crippen LogP contribution in [0.25, 0.3) is 0 Å². The van der Waals surface area contributed by atoms with Gasteiger partial charge in [-0.1, -0.05) is 13.8 Å². The van der Waals surface area contributed by atoms with Gasteiger partial charge in [0.05, 0.1) is 0 Å². The van der Waals surface area contributed by atoms with E-state index in [0.717, 1.165) is 13.0 Å². The SMILES string of the molecule is CC(CCN(C)C)NC(=O)N[C@@H](C(=O)O)C(C)C. The molecule has 0 bridgehead atoms. The van der Waals surface area contributed by atoms with E-state index >= 15 is 0 Å². The molecule has 0 saturated carbocycles. The van der Waals surface area contributed by atoms with Crippen molar-refractivity contribution in [1.82, 2.24) is 15.5 Å². The number of nitrogens with one attached hydrogen (secondary N) is 2. The number of hydrogen-bond acceptors (Lipinski definition) is 3. The topological polar surface area (TPSA) is 81.7 Å². The van der Waals surface area contributed by atoms with Gasteiger partial charge in [-0.25, -0.2) is 9.59 Å². The Balaban J connectivity index is 4.12. The lowest BCUT2D eigenvalue weighted by atomic mass is 10.1. The maximum Gasteiger partial charge on any atom is 0.326 e. The first-order chi connectivity index (χ1) is 8.23. The summed E-state index contributed by atoms with van der Waals surface area (Å²) in [6.07, 6.45) is 0.819. The second-order valence-corrected chi connectivity index (χ2v) is 5.17. The minimum atomic E-state index is -1.01. The zero-order valence-corrected chi connectivity index (χ0v) is 11.9. The molecule has 0 aliphatic rings. The highest BCUT2D eigenvalue weighted by Gasteiger charge is 2.23. The maximum atomic E-state index is 11.6. The predicted molar refractivity (Wildman–Crippen MR) is 70.6 cm³/mol. The van der Waals surface area contributed by atoms with Crippen LogP contribution < -0.4 is 10.6 Å². The monoisotopic (exact) mass is 259 g/mol. The molecule has 0 saturated heterocycles. The zero-order chi connectivity index (χ0) is 14.3. The lowest BCUT2D eigenvalue weighted by Gasteiger charge is -2.21. The molecule has 0 fully saturated rings. The number of carbonyl (C=O) groups excluding carboxylic acids is 1. The molecule has 0 radical (unpaired) electrons. The fraction of sp³-hybridized carbons (Fsp3) is 0.833. The Labute approximate surface area is 109 Å². The number of carbonyl (C=O) groups is 2. The Morgan fingerprint density at radius 1 is 1.17 bits per heavy atom. The van der Waals surface area contributed by atoms with Gasteiger partial charge >= 0.3 is 12.0 Å². The average molecular weight is 259 g/mol. The fourth-order valence-electron chi connectivity index (χ4n) is 1.44. The molecule has 0 aliphatic carbocycles. The van der Waals surface area contributed by atoms with Crippen LogP contribution >= 0.6 is 0 Å². The van der Waals surface area contributed by atoms with Gasteiger partial charge in [0.15, 0.2) is 0 Å². The van der Waals surface area contributed by atoms with Crippen molar-refractivity contribution < 1.29 is 14.7 Å². The largest absolute Gasteiger partial charge is 0.480 e. The Kier molecular flexibility index (Phi) is 7.35. The minimum Gasteiger partial charge on any atom is -0.480 e. The Morgan fingerprint density at radius 2 is 1.72 bits per heavy atom. The van der Waals surface area contributed by atoms with Crippen LogP contribution in [0.3, 0.4) is 0 Å². The van der Waals surface area contributed by atoms with E-state index in [0.29, 0.717) is 0 Å². The van der Waals surface area contributed by atoms with Gasteiger partial charge in [0, 0.05) is 6.04 Å². The fourth-order valence-corrected chi connectivity index (χ4v) is 1.44. The third-order valence-corrected chi connectivity index (χ3v) is 2.61. The van der Waals surface area contributed by atoms with Gasteiger partial charge in [0.25, 0.3) is 0 Å². The highest BCUT2D eigenvalue weighted by atomic mass is 16.4. The molecule has 0 heterocycles. The molecule has 106 valence electrons. The summed E-state index contributed by atoms with van der Waals surface area (Å²) in [6, 6.07) is -1.28. The van der Waals surface area contributed by atoms with Crippen molar-refractivity contribution in [2.24, 2.45) is 5.92 Å². The number of carboxylic acids is 1. The van der Waals surface area contributed by atoms with Crippen molar-refractivity contribution in [3.63, 3.8) is 0 Å². The van der Waals surface area contributed by atoms with Gasteiger partial charge in [-0.3, -0.25) is 0 Å². The van der Waals surface area contributed by atoms with Gasteiger partial charge in [-0.15, -0.1) is 0 Å². The van der Waals surface area contributed by atoms with Crippen molar-refractivity contribution >= 4 is 12.0 Å². The molecule has 2 amide bonds. The number of amides is 2. The van der Waals surface area contributed by atoms with Crippen molar-refractivity contribution in [2.75, 3.05) is 20.6 Å². The summed E-state index contributed by atoms with van der Waals surface area (Å²) in [4.78, 5) is 24.6. The molecule has 0 rings (SSSR count). The molecule has 0 aromatic heterocycles. The minimum absolute atomic E-state index is 0.00834.